The number of hydrogen-bond donors (Lipinski definition) is 0. The normalized spacial score (nSPS) is 10.2. The average Bonchev–Trinajstić information content (AvgIpc) is 2.66. The van der Waals surface area contributed by atoms with Crippen molar-refractivity contribution in [3.05, 3.63) is 52.2 Å². The van der Waals surface area contributed by atoms with Crippen LogP contribution in [0.25, 0.3) is 0 Å². The molecule has 0 aliphatic rings. The molecule has 0 spiro atoms. The van der Waals surface area contributed by atoms with Gasteiger partial charge in [0.05, 0.1) is 5.56 Å². The second-order valence-electron chi connectivity index (χ2n) is 3.25. The van der Waals surface area contributed by atoms with Crippen molar-refractivity contribution < 1.29 is 18.4 Å². The summed E-state index contributed by atoms with van der Waals surface area (Å²) in [5.74, 6) is -0.850. The lowest BCUT2D eigenvalue weighted by Gasteiger charge is -2.01. The van der Waals surface area contributed by atoms with E-state index in [0.29, 0.717) is 11.3 Å². The van der Waals surface area contributed by atoms with Gasteiger partial charge in [0.25, 0.3) is 0 Å². The van der Waals surface area contributed by atoms with Gasteiger partial charge in [-0.15, -0.1) is 0 Å². The second kappa shape index (κ2) is 4.65. The quantitative estimate of drug-likeness (QED) is 0.745. The maximum absolute atomic E-state index is 11.5. The number of esters is 1. The highest BCUT2D eigenvalue weighted by Crippen LogP contribution is 2.08. The summed E-state index contributed by atoms with van der Waals surface area (Å²) in [6, 6.07) is 3.20. The Morgan fingerprint density at radius 3 is 2.88 bits per heavy atom. The third kappa shape index (κ3) is 2.60. The maximum atomic E-state index is 11.5. The number of ether oxygens (including phenoxy) is 1. The van der Waals surface area contributed by atoms with E-state index < -0.39 is 11.8 Å². The van der Waals surface area contributed by atoms with E-state index in [1.165, 1.54) is 6.20 Å². The molecule has 0 amide bonds. The van der Waals surface area contributed by atoms with Crippen LogP contribution in [0.2, 0.25) is 0 Å². The summed E-state index contributed by atoms with van der Waals surface area (Å²) < 4.78 is 14.2. The zero-order valence-electron chi connectivity index (χ0n) is 9.00. The van der Waals surface area contributed by atoms with E-state index in [1.54, 1.807) is 25.3 Å². The third-order valence-electron chi connectivity index (χ3n) is 2.07. The topological polar surface area (TPSA) is 82.5 Å². The average molecular weight is 235 g/mol. The number of carbonyl (C=O) groups is 1. The fourth-order valence-electron chi connectivity index (χ4n) is 1.20. The summed E-state index contributed by atoms with van der Waals surface area (Å²) in [6.45, 7) is 1.41. The summed E-state index contributed by atoms with van der Waals surface area (Å²) in [7, 11) is 0. The highest BCUT2D eigenvalue weighted by atomic mass is 16.6. The van der Waals surface area contributed by atoms with Gasteiger partial charge in [-0.2, -0.15) is 0 Å². The van der Waals surface area contributed by atoms with Crippen molar-refractivity contribution in [1.82, 2.24) is 4.98 Å². The molecule has 2 aromatic rings. The van der Waals surface area contributed by atoms with E-state index >= 15 is 0 Å². The minimum absolute atomic E-state index is 0.148. The van der Waals surface area contributed by atoms with Gasteiger partial charge in [0.1, 0.15) is 0 Å². The zero-order chi connectivity index (χ0) is 12.3. The van der Waals surface area contributed by atoms with Crippen molar-refractivity contribution in [2.45, 2.75) is 13.5 Å². The van der Waals surface area contributed by atoms with E-state index in [1.807, 2.05) is 0 Å². The first-order valence-electron chi connectivity index (χ1n) is 4.83. The lowest BCUT2D eigenvalue weighted by Crippen LogP contribution is -2.05. The molecule has 0 N–H and O–H groups in total. The summed E-state index contributed by atoms with van der Waals surface area (Å²) in [5, 5.41) is 0. The fraction of sp³-hybridized carbons (Fsp3) is 0.182. The SMILES string of the molecule is Cc1oc(=O)oc1COC(=O)c1cccnc1. The molecule has 0 saturated heterocycles. The Morgan fingerprint density at radius 1 is 1.47 bits per heavy atom. The molecule has 0 radical (unpaired) electrons. The molecular weight excluding hydrogens is 226 g/mol. The smallest absolute Gasteiger partial charge is 0.454 e. The third-order valence-corrected chi connectivity index (χ3v) is 2.07. The van der Waals surface area contributed by atoms with Gasteiger partial charge in [-0.1, -0.05) is 0 Å². The number of pyridine rings is 1. The van der Waals surface area contributed by atoms with Crippen molar-refractivity contribution in [2.75, 3.05) is 0 Å². The van der Waals surface area contributed by atoms with Crippen LogP contribution in [0.3, 0.4) is 0 Å². The molecule has 0 aromatic carbocycles. The maximum Gasteiger partial charge on any atom is 0.519 e. The van der Waals surface area contributed by atoms with Crippen molar-refractivity contribution in [3.8, 4) is 0 Å². The fourth-order valence-corrected chi connectivity index (χ4v) is 1.20. The molecule has 17 heavy (non-hydrogen) atoms. The Morgan fingerprint density at radius 2 is 2.29 bits per heavy atom. The first-order valence-corrected chi connectivity index (χ1v) is 4.83. The van der Waals surface area contributed by atoms with Gasteiger partial charge in [0.2, 0.25) is 0 Å². The Balaban J connectivity index is 2.02. The van der Waals surface area contributed by atoms with Gasteiger partial charge < -0.3 is 13.6 Å². The monoisotopic (exact) mass is 235 g/mol. The van der Waals surface area contributed by atoms with Crippen LogP contribution in [0, 0.1) is 6.92 Å². The number of aryl methyl sites for hydroxylation is 1. The molecule has 88 valence electrons. The summed E-state index contributed by atoms with van der Waals surface area (Å²) >= 11 is 0. The van der Waals surface area contributed by atoms with Gasteiger partial charge in [0, 0.05) is 12.4 Å². The van der Waals surface area contributed by atoms with E-state index in [-0.39, 0.29) is 12.4 Å². The molecule has 0 unspecified atom stereocenters. The van der Waals surface area contributed by atoms with Crippen molar-refractivity contribution >= 4 is 5.97 Å². The van der Waals surface area contributed by atoms with Gasteiger partial charge in [-0.05, 0) is 19.1 Å². The number of nitrogens with zero attached hydrogens (tertiary/aromatic N) is 1. The number of carbonyl (C=O) groups excluding carboxylic acids is 1. The van der Waals surface area contributed by atoms with Gasteiger partial charge >= 0.3 is 11.8 Å². The molecule has 0 aliphatic carbocycles. The first kappa shape index (κ1) is 11.1. The van der Waals surface area contributed by atoms with E-state index in [0.717, 1.165) is 0 Å². The molecular formula is C11H9NO5. The summed E-state index contributed by atoms with van der Waals surface area (Å²) in [5.41, 5.74) is 0.330. The Labute approximate surface area is 95.8 Å². The molecule has 0 fully saturated rings. The highest BCUT2D eigenvalue weighted by molar-refractivity contribution is 5.88. The molecule has 0 saturated carbocycles. The van der Waals surface area contributed by atoms with Crippen LogP contribution in [0.1, 0.15) is 21.9 Å². The van der Waals surface area contributed by atoms with Crippen molar-refractivity contribution in [1.29, 1.82) is 0 Å². The molecule has 0 bridgehead atoms. The highest BCUT2D eigenvalue weighted by Gasteiger charge is 2.12. The van der Waals surface area contributed by atoms with Crippen LogP contribution in [0.5, 0.6) is 0 Å². The number of aromatic nitrogens is 1. The van der Waals surface area contributed by atoms with Crippen LogP contribution in [0.15, 0.2) is 38.2 Å². The first-order chi connectivity index (χ1) is 8.16. The van der Waals surface area contributed by atoms with E-state index in [2.05, 4.69) is 13.8 Å². The van der Waals surface area contributed by atoms with Crippen LogP contribution in [-0.4, -0.2) is 11.0 Å². The molecule has 2 rings (SSSR count). The largest absolute Gasteiger partial charge is 0.519 e. The van der Waals surface area contributed by atoms with Crippen LogP contribution in [-0.2, 0) is 11.3 Å². The summed E-state index contributed by atoms with van der Waals surface area (Å²) in [4.78, 5) is 26.1. The molecule has 2 heterocycles. The lowest BCUT2D eigenvalue weighted by molar-refractivity contribution is 0.0442. The van der Waals surface area contributed by atoms with Gasteiger partial charge in [-0.3, -0.25) is 4.98 Å². The predicted octanol–water partition coefficient (Wildman–Crippen LogP) is 1.29. The van der Waals surface area contributed by atoms with E-state index in [4.69, 9.17) is 4.74 Å². The Hall–Kier alpha value is -2.37. The summed E-state index contributed by atoms with van der Waals surface area (Å²) in [6.07, 6.45) is 2.94. The molecule has 6 nitrogen and oxygen atoms in total. The van der Waals surface area contributed by atoms with Crippen molar-refractivity contribution in [3.63, 3.8) is 0 Å². The molecule has 0 atom stereocenters. The van der Waals surface area contributed by atoms with Crippen molar-refractivity contribution in [2.24, 2.45) is 0 Å². The van der Waals surface area contributed by atoms with Gasteiger partial charge in [-0.25, -0.2) is 9.59 Å². The van der Waals surface area contributed by atoms with Crippen LogP contribution < -0.4 is 5.82 Å². The molecule has 2 aromatic heterocycles. The minimum Gasteiger partial charge on any atom is -0.454 e. The predicted molar refractivity (Wildman–Crippen MR) is 55.3 cm³/mol. The molecule has 0 aliphatic heterocycles. The Kier molecular flexibility index (Phi) is 3.04. The van der Waals surface area contributed by atoms with Gasteiger partial charge in [0.15, 0.2) is 18.1 Å². The lowest BCUT2D eigenvalue weighted by atomic mass is 10.3. The van der Waals surface area contributed by atoms with E-state index in [9.17, 15) is 9.59 Å². The number of hydrogen-bond acceptors (Lipinski definition) is 6. The zero-order valence-corrected chi connectivity index (χ0v) is 9.00. The van der Waals surface area contributed by atoms with Crippen LogP contribution in [0.4, 0.5) is 0 Å². The van der Waals surface area contributed by atoms with Crippen LogP contribution >= 0.6 is 0 Å². The minimum atomic E-state index is -0.810. The number of rotatable bonds is 3. The Bertz CT molecular complexity index is 569. The second-order valence-corrected chi connectivity index (χ2v) is 3.25. The standard InChI is InChI=1S/C11H9NO5/c1-7-9(17-11(14)16-7)6-15-10(13)8-3-2-4-12-5-8/h2-5H,6H2,1H3. The molecule has 6 heteroatoms.